The van der Waals surface area contributed by atoms with Gasteiger partial charge in [0.1, 0.15) is 11.5 Å². The van der Waals surface area contributed by atoms with Gasteiger partial charge in [-0.3, -0.25) is 0 Å². The second kappa shape index (κ2) is 3.31. The van der Waals surface area contributed by atoms with E-state index in [1.807, 2.05) is 6.07 Å². The molecule has 0 aliphatic heterocycles. The molecule has 2 rings (SSSR count). The Balaban J connectivity index is 2.11. The van der Waals surface area contributed by atoms with Gasteiger partial charge in [-0.05, 0) is 25.0 Å². The molecule has 0 bridgehead atoms. The van der Waals surface area contributed by atoms with Crippen LogP contribution in [0.15, 0.2) is 16.5 Å². The van der Waals surface area contributed by atoms with Crippen LogP contribution < -0.4 is 5.73 Å². The summed E-state index contributed by atoms with van der Waals surface area (Å²) in [6.07, 6.45) is 5.28. The average Bonchev–Trinajstić information content (AvgIpc) is 2.75. The normalized spacial score (nSPS) is 18.8. The summed E-state index contributed by atoms with van der Waals surface area (Å²) < 4.78 is 5.59. The molecule has 0 saturated heterocycles. The average molecular weight is 165 g/mol. The van der Waals surface area contributed by atoms with Gasteiger partial charge in [-0.25, -0.2) is 0 Å². The number of rotatable bonds is 2. The molecule has 66 valence electrons. The van der Waals surface area contributed by atoms with Crippen LogP contribution in [0.3, 0.4) is 0 Å². The Morgan fingerprint density at radius 1 is 1.33 bits per heavy atom. The first-order valence-electron chi connectivity index (χ1n) is 4.69. The van der Waals surface area contributed by atoms with Crippen LogP contribution in [0.2, 0.25) is 0 Å². The zero-order valence-corrected chi connectivity index (χ0v) is 7.25. The Morgan fingerprint density at radius 3 is 2.67 bits per heavy atom. The van der Waals surface area contributed by atoms with Gasteiger partial charge in [0.2, 0.25) is 0 Å². The number of nitrogens with two attached hydrogens (primary N) is 1. The Labute approximate surface area is 72.7 Å². The van der Waals surface area contributed by atoms with Crippen molar-refractivity contribution in [3.63, 3.8) is 0 Å². The highest BCUT2D eigenvalue weighted by molar-refractivity contribution is 5.12. The van der Waals surface area contributed by atoms with Crippen molar-refractivity contribution in [3.05, 3.63) is 23.7 Å². The molecule has 1 heterocycles. The van der Waals surface area contributed by atoms with Crippen LogP contribution in [0.5, 0.6) is 0 Å². The van der Waals surface area contributed by atoms with Crippen molar-refractivity contribution in [3.8, 4) is 0 Å². The Kier molecular flexibility index (Phi) is 2.17. The maximum absolute atomic E-state index is 5.59. The summed E-state index contributed by atoms with van der Waals surface area (Å²) in [6, 6.07) is 4.08. The standard InChI is InChI=1S/C10H15NO/c11-7-9-5-6-10(12-9)8-3-1-2-4-8/h5-6,8H,1-4,7,11H2. The van der Waals surface area contributed by atoms with Gasteiger partial charge in [0, 0.05) is 5.92 Å². The molecule has 2 N–H and O–H groups in total. The van der Waals surface area contributed by atoms with Gasteiger partial charge in [0.25, 0.3) is 0 Å². The van der Waals surface area contributed by atoms with E-state index in [9.17, 15) is 0 Å². The van der Waals surface area contributed by atoms with Gasteiger partial charge in [-0.15, -0.1) is 0 Å². The molecular formula is C10H15NO. The van der Waals surface area contributed by atoms with E-state index in [0.717, 1.165) is 11.5 Å². The largest absolute Gasteiger partial charge is 0.464 e. The van der Waals surface area contributed by atoms with Crippen molar-refractivity contribution in [1.29, 1.82) is 0 Å². The Bertz CT molecular complexity index is 248. The molecule has 0 unspecified atom stereocenters. The fourth-order valence-corrected chi connectivity index (χ4v) is 1.93. The summed E-state index contributed by atoms with van der Waals surface area (Å²) in [5.41, 5.74) is 5.47. The maximum atomic E-state index is 5.59. The molecular weight excluding hydrogens is 150 g/mol. The van der Waals surface area contributed by atoms with Crippen LogP contribution in [0.4, 0.5) is 0 Å². The van der Waals surface area contributed by atoms with Gasteiger partial charge in [0.05, 0.1) is 6.54 Å². The fraction of sp³-hybridized carbons (Fsp3) is 0.600. The quantitative estimate of drug-likeness (QED) is 0.730. The van der Waals surface area contributed by atoms with Crippen molar-refractivity contribution < 1.29 is 4.42 Å². The first-order valence-corrected chi connectivity index (χ1v) is 4.69. The molecule has 0 spiro atoms. The molecule has 0 aromatic carbocycles. The molecule has 0 atom stereocenters. The SMILES string of the molecule is NCc1ccc(C2CCCC2)o1. The lowest BCUT2D eigenvalue weighted by Gasteiger charge is -2.03. The van der Waals surface area contributed by atoms with E-state index < -0.39 is 0 Å². The third-order valence-electron chi connectivity index (χ3n) is 2.64. The lowest BCUT2D eigenvalue weighted by atomic mass is 10.1. The van der Waals surface area contributed by atoms with Crippen molar-refractivity contribution >= 4 is 0 Å². The van der Waals surface area contributed by atoms with Crippen molar-refractivity contribution in [1.82, 2.24) is 0 Å². The van der Waals surface area contributed by atoms with Crippen LogP contribution in [0.1, 0.15) is 43.1 Å². The van der Waals surface area contributed by atoms with E-state index in [1.54, 1.807) is 0 Å². The van der Waals surface area contributed by atoms with Crippen LogP contribution in [-0.4, -0.2) is 0 Å². The molecule has 0 amide bonds. The topological polar surface area (TPSA) is 39.2 Å². The number of hydrogen-bond donors (Lipinski definition) is 1. The van der Waals surface area contributed by atoms with Crippen molar-refractivity contribution in [2.45, 2.75) is 38.1 Å². The monoisotopic (exact) mass is 165 g/mol. The molecule has 1 aromatic heterocycles. The molecule has 2 nitrogen and oxygen atoms in total. The van der Waals surface area contributed by atoms with E-state index in [1.165, 1.54) is 25.7 Å². The van der Waals surface area contributed by atoms with Gasteiger partial charge >= 0.3 is 0 Å². The lowest BCUT2D eigenvalue weighted by Crippen LogP contribution is -1.93. The minimum atomic E-state index is 0.521. The lowest BCUT2D eigenvalue weighted by molar-refractivity contribution is 0.432. The van der Waals surface area contributed by atoms with Gasteiger partial charge < -0.3 is 10.2 Å². The molecule has 1 saturated carbocycles. The first kappa shape index (κ1) is 7.87. The number of furan rings is 1. The van der Waals surface area contributed by atoms with Crippen molar-refractivity contribution in [2.24, 2.45) is 5.73 Å². The Morgan fingerprint density at radius 2 is 2.08 bits per heavy atom. The van der Waals surface area contributed by atoms with E-state index >= 15 is 0 Å². The summed E-state index contributed by atoms with van der Waals surface area (Å²) in [6.45, 7) is 0.521. The van der Waals surface area contributed by atoms with Gasteiger partial charge in [-0.2, -0.15) is 0 Å². The minimum Gasteiger partial charge on any atom is -0.464 e. The summed E-state index contributed by atoms with van der Waals surface area (Å²) in [5, 5.41) is 0. The first-order chi connectivity index (χ1) is 5.90. The van der Waals surface area contributed by atoms with Gasteiger partial charge in [-0.1, -0.05) is 12.8 Å². The molecule has 1 aliphatic carbocycles. The number of hydrogen-bond acceptors (Lipinski definition) is 2. The minimum absolute atomic E-state index is 0.521. The Hall–Kier alpha value is -0.760. The van der Waals surface area contributed by atoms with Crippen LogP contribution in [0.25, 0.3) is 0 Å². The summed E-state index contributed by atoms with van der Waals surface area (Å²) in [7, 11) is 0. The summed E-state index contributed by atoms with van der Waals surface area (Å²) >= 11 is 0. The van der Waals surface area contributed by atoms with Crippen molar-refractivity contribution in [2.75, 3.05) is 0 Å². The molecule has 1 aliphatic rings. The predicted molar refractivity (Wildman–Crippen MR) is 47.8 cm³/mol. The second-order valence-corrected chi connectivity index (χ2v) is 3.49. The smallest absolute Gasteiger partial charge is 0.117 e. The van der Waals surface area contributed by atoms with E-state index in [2.05, 4.69) is 6.07 Å². The van der Waals surface area contributed by atoms with Crippen LogP contribution in [-0.2, 0) is 6.54 Å². The summed E-state index contributed by atoms with van der Waals surface area (Å²) in [5.74, 6) is 2.73. The summed E-state index contributed by atoms with van der Waals surface area (Å²) in [4.78, 5) is 0. The highest BCUT2D eigenvalue weighted by Crippen LogP contribution is 2.34. The predicted octanol–water partition coefficient (Wildman–Crippen LogP) is 2.40. The second-order valence-electron chi connectivity index (χ2n) is 3.49. The molecule has 0 radical (unpaired) electrons. The molecule has 12 heavy (non-hydrogen) atoms. The zero-order valence-electron chi connectivity index (χ0n) is 7.25. The van der Waals surface area contributed by atoms with Gasteiger partial charge in [0.15, 0.2) is 0 Å². The highest BCUT2D eigenvalue weighted by Gasteiger charge is 2.19. The van der Waals surface area contributed by atoms with E-state index in [0.29, 0.717) is 12.5 Å². The third-order valence-corrected chi connectivity index (χ3v) is 2.64. The maximum Gasteiger partial charge on any atom is 0.117 e. The molecule has 1 aromatic rings. The van der Waals surface area contributed by atoms with E-state index in [4.69, 9.17) is 10.2 Å². The zero-order chi connectivity index (χ0) is 8.39. The third kappa shape index (κ3) is 1.39. The molecule has 2 heteroatoms. The highest BCUT2D eigenvalue weighted by atomic mass is 16.3. The van der Waals surface area contributed by atoms with E-state index in [-0.39, 0.29) is 0 Å². The van der Waals surface area contributed by atoms with Crippen LogP contribution >= 0.6 is 0 Å². The molecule has 1 fully saturated rings. The van der Waals surface area contributed by atoms with Crippen LogP contribution in [0, 0.1) is 0 Å². The fourth-order valence-electron chi connectivity index (χ4n) is 1.93.